The van der Waals surface area contributed by atoms with Crippen molar-refractivity contribution in [3.8, 4) is 0 Å². The van der Waals surface area contributed by atoms with Crippen molar-refractivity contribution in [1.29, 1.82) is 0 Å². The van der Waals surface area contributed by atoms with Gasteiger partial charge in [-0.05, 0) is 44.0 Å². The van der Waals surface area contributed by atoms with Crippen LogP contribution in [-0.4, -0.2) is 23.0 Å². The van der Waals surface area contributed by atoms with Crippen LogP contribution in [0.25, 0.3) is 0 Å². The van der Waals surface area contributed by atoms with Crippen molar-refractivity contribution in [1.82, 2.24) is 0 Å². The van der Waals surface area contributed by atoms with Crippen LogP contribution in [0.15, 0.2) is 24.3 Å². The summed E-state index contributed by atoms with van der Waals surface area (Å²) < 4.78 is 33.7. The molecule has 0 saturated heterocycles. The number of benzene rings is 1. The smallest absolute Gasteiger partial charge is 0.242 e. The second kappa shape index (κ2) is 4.54. The molecule has 0 bridgehead atoms. The average Bonchev–Trinajstić information content (AvgIpc) is 2.14. The molecule has 1 aromatic carbocycles. The maximum atomic E-state index is 12.9. The quantitative estimate of drug-likeness (QED) is 0.604. The molecular weight excluding hydrogens is 367 g/mol. The number of hydrogen-bond donors (Lipinski definition) is 0. The first-order valence-electron chi connectivity index (χ1n) is 4.04. The predicted molar refractivity (Wildman–Crippen MR) is 66.2 cm³/mol. The highest BCUT2D eigenvalue weighted by molar-refractivity contribution is 9.28. The van der Waals surface area contributed by atoms with Crippen LogP contribution in [0.5, 0.6) is 0 Å². The third kappa shape index (κ3) is 2.70. The fourth-order valence-corrected chi connectivity index (χ4v) is 1.88. The number of sulfone groups is 1. The van der Waals surface area contributed by atoms with Gasteiger partial charge in [0.05, 0.1) is 0 Å². The molecule has 0 N–H and O–H groups in total. The van der Waals surface area contributed by atoms with Crippen LogP contribution in [0.4, 0.5) is 4.39 Å². The molecule has 0 aliphatic heterocycles. The number of hydrogen-bond acceptors (Lipinski definition) is 3. The van der Waals surface area contributed by atoms with Gasteiger partial charge in [0.2, 0.25) is 8.35 Å². The third-order valence-electron chi connectivity index (χ3n) is 1.82. The Hall–Kier alpha value is -0.270. The van der Waals surface area contributed by atoms with E-state index < -0.39 is 24.0 Å². The van der Waals surface area contributed by atoms with Crippen molar-refractivity contribution < 1.29 is 17.6 Å². The van der Waals surface area contributed by atoms with E-state index in [0.717, 1.165) is 12.3 Å². The third-order valence-corrected chi connectivity index (χ3v) is 7.18. The summed E-state index contributed by atoms with van der Waals surface area (Å²) in [6.07, 6.45) is 0.897. The summed E-state index contributed by atoms with van der Waals surface area (Å²) in [5.41, 5.74) is -0.0285. The molecule has 16 heavy (non-hydrogen) atoms. The molecule has 0 fully saturated rings. The molecule has 0 heterocycles. The van der Waals surface area contributed by atoms with Crippen LogP contribution in [0.1, 0.15) is 10.4 Å². The summed E-state index contributed by atoms with van der Waals surface area (Å²) in [6, 6.07) is 4.82. The zero-order valence-electron chi connectivity index (χ0n) is 8.08. The van der Waals surface area contributed by atoms with E-state index in [1.54, 1.807) is 0 Å². The van der Waals surface area contributed by atoms with Gasteiger partial charge in [-0.1, -0.05) is 12.1 Å². The molecule has 0 unspecified atom stereocenters. The van der Waals surface area contributed by atoms with E-state index in [-0.39, 0.29) is 5.56 Å². The molecular formula is C9H7Br2FO3S. The summed E-state index contributed by atoms with van der Waals surface area (Å²) in [5, 5.41) is 0. The van der Waals surface area contributed by atoms with Gasteiger partial charge in [-0.2, -0.15) is 0 Å². The van der Waals surface area contributed by atoms with Gasteiger partial charge in [-0.15, -0.1) is 0 Å². The lowest BCUT2D eigenvalue weighted by Gasteiger charge is -2.16. The lowest BCUT2D eigenvalue weighted by molar-refractivity contribution is 0.100. The number of halogens is 3. The van der Waals surface area contributed by atoms with Crippen molar-refractivity contribution in [3.05, 3.63) is 35.6 Å². The minimum Gasteiger partial charge on any atom is -0.290 e. The van der Waals surface area contributed by atoms with Gasteiger partial charge in [0.25, 0.3) is 0 Å². The van der Waals surface area contributed by atoms with Crippen molar-refractivity contribution in [3.63, 3.8) is 0 Å². The highest BCUT2D eigenvalue weighted by atomic mass is 79.9. The Morgan fingerprint density at radius 3 is 2.38 bits per heavy atom. The lowest BCUT2D eigenvalue weighted by Crippen LogP contribution is -2.33. The standard InChI is InChI=1S/C9H7Br2FO3S/c1-16(14,15)9(10,11)8(13)6-3-2-4-7(12)5-6/h2-5H,1H3. The van der Waals surface area contributed by atoms with Crippen LogP contribution < -0.4 is 0 Å². The normalized spacial score (nSPS) is 12.5. The van der Waals surface area contributed by atoms with Crippen LogP contribution in [0, 0.1) is 5.82 Å². The van der Waals surface area contributed by atoms with Crippen LogP contribution in [-0.2, 0) is 9.84 Å². The summed E-state index contributed by atoms with van der Waals surface area (Å²) in [6.45, 7) is 0. The zero-order chi connectivity index (χ0) is 12.6. The van der Waals surface area contributed by atoms with E-state index in [1.807, 2.05) is 0 Å². The molecule has 0 radical (unpaired) electrons. The Labute approximate surface area is 109 Å². The molecule has 0 saturated carbocycles. The predicted octanol–water partition coefficient (Wildman–Crippen LogP) is 2.50. The van der Waals surface area contributed by atoms with Crippen LogP contribution >= 0.6 is 31.9 Å². The van der Waals surface area contributed by atoms with E-state index in [0.29, 0.717) is 0 Å². The van der Waals surface area contributed by atoms with Gasteiger partial charge >= 0.3 is 0 Å². The van der Waals surface area contributed by atoms with Crippen molar-refractivity contribution in [2.24, 2.45) is 0 Å². The minimum absolute atomic E-state index is 0.0285. The van der Waals surface area contributed by atoms with Crippen molar-refractivity contribution in [2.45, 2.75) is 2.57 Å². The highest BCUT2D eigenvalue weighted by Gasteiger charge is 2.43. The molecule has 0 aromatic heterocycles. The van der Waals surface area contributed by atoms with E-state index in [4.69, 9.17) is 0 Å². The summed E-state index contributed by atoms with van der Waals surface area (Å²) >= 11 is 5.57. The topological polar surface area (TPSA) is 51.2 Å². The molecule has 0 aliphatic rings. The van der Waals surface area contributed by atoms with Gasteiger partial charge in [0.15, 0.2) is 9.84 Å². The number of ketones is 1. The van der Waals surface area contributed by atoms with Gasteiger partial charge in [-0.3, -0.25) is 4.79 Å². The summed E-state index contributed by atoms with van der Waals surface area (Å²) in [4.78, 5) is 11.8. The number of carbonyl (C=O) groups excluding carboxylic acids is 1. The molecule has 88 valence electrons. The Morgan fingerprint density at radius 1 is 1.38 bits per heavy atom. The Bertz CT molecular complexity index is 525. The molecule has 1 aromatic rings. The maximum absolute atomic E-state index is 12.9. The number of carbonyl (C=O) groups is 1. The highest BCUT2D eigenvalue weighted by Crippen LogP contribution is 2.35. The SMILES string of the molecule is CS(=O)(=O)C(Br)(Br)C(=O)c1cccc(F)c1. The largest absolute Gasteiger partial charge is 0.290 e. The molecule has 0 spiro atoms. The second-order valence-corrected chi connectivity index (χ2v) is 9.78. The Balaban J connectivity index is 3.23. The first-order valence-corrected chi connectivity index (χ1v) is 7.52. The van der Waals surface area contributed by atoms with Crippen LogP contribution in [0.3, 0.4) is 0 Å². The van der Waals surface area contributed by atoms with Crippen LogP contribution in [0.2, 0.25) is 0 Å². The van der Waals surface area contributed by atoms with E-state index in [2.05, 4.69) is 31.9 Å². The minimum atomic E-state index is -3.70. The second-order valence-electron chi connectivity index (χ2n) is 3.13. The monoisotopic (exact) mass is 372 g/mol. The number of alkyl halides is 2. The molecule has 3 nitrogen and oxygen atoms in total. The fraction of sp³-hybridized carbons (Fsp3) is 0.222. The first-order chi connectivity index (χ1) is 7.16. The summed E-state index contributed by atoms with van der Waals surface area (Å²) in [7, 11) is -3.70. The van der Waals surface area contributed by atoms with Gasteiger partial charge in [0.1, 0.15) is 5.82 Å². The zero-order valence-corrected chi connectivity index (χ0v) is 12.1. The maximum Gasteiger partial charge on any atom is 0.242 e. The molecule has 7 heteroatoms. The van der Waals surface area contributed by atoms with Gasteiger partial charge in [0, 0.05) is 11.8 Å². The molecule has 0 amide bonds. The van der Waals surface area contributed by atoms with Gasteiger partial charge in [-0.25, -0.2) is 12.8 Å². The van der Waals surface area contributed by atoms with E-state index >= 15 is 0 Å². The van der Waals surface area contributed by atoms with E-state index in [1.165, 1.54) is 18.2 Å². The molecule has 0 atom stereocenters. The fourth-order valence-electron chi connectivity index (χ4n) is 0.966. The number of rotatable bonds is 3. The Kier molecular flexibility index (Phi) is 3.91. The molecule has 1 rings (SSSR count). The first kappa shape index (κ1) is 13.8. The van der Waals surface area contributed by atoms with Gasteiger partial charge < -0.3 is 0 Å². The van der Waals surface area contributed by atoms with Crippen molar-refractivity contribution in [2.75, 3.05) is 6.26 Å². The number of Topliss-reactive ketones (excluding diaryl/α,β-unsaturated/α-hetero) is 1. The summed E-state index contributed by atoms with van der Waals surface area (Å²) in [5.74, 6) is -1.37. The Morgan fingerprint density at radius 2 is 1.94 bits per heavy atom. The van der Waals surface area contributed by atoms with E-state index in [9.17, 15) is 17.6 Å². The lowest BCUT2D eigenvalue weighted by atomic mass is 10.1. The average molecular weight is 374 g/mol. The molecule has 0 aliphatic carbocycles. The van der Waals surface area contributed by atoms with Crippen molar-refractivity contribution >= 4 is 47.5 Å².